The van der Waals surface area contributed by atoms with Crippen LogP contribution < -0.4 is 0 Å². The molecule has 0 aromatic heterocycles. The molecule has 0 unspecified atom stereocenters. The van der Waals surface area contributed by atoms with Gasteiger partial charge >= 0.3 is 0 Å². The van der Waals surface area contributed by atoms with Crippen LogP contribution in [0.25, 0.3) is 0 Å². The summed E-state index contributed by atoms with van der Waals surface area (Å²) < 4.78 is 0. The van der Waals surface area contributed by atoms with Crippen molar-refractivity contribution in [3.63, 3.8) is 0 Å². The molecule has 4 bridgehead atoms. The number of hydrogen-bond donors (Lipinski definition) is 0. The first-order valence-corrected chi connectivity index (χ1v) is 10.7. The first-order valence-electron chi connectivity index (χ1n) is 10.7. The van der Waals surface area contributed by atoms with Crippen molar-refractivity contribution in [2.45, 2.75) is 76.8 Å². The Morgan fingerprint density at radius 2 is 1.26 bits per heavy atom. The summed E-state index contributed by atoms with van der Waals surface area (Å²) in [7, 11) is 0. The Labute approximate surface area is 143 Å². The van der Waals surface area contributed by atoms with Gasteiger partial charge in [-0.25, -0.2) is 0 Å². The Morgan fingerprint density at radius 1 is 0.652 bits per heavy atom. The molecule has 6 fully saturated rings. The maximum atomic E-state index is 2.95. The summed E-state index contributed by atoms with van der Waals surface area (Å²) in [4.78, 5) is 5.82. The van der Waals surface area contributed by atoms with Crippen LogP contribution in [0.15, 0.2) is 0 Å². The highest BCUT2D eigenvalue weighted by Crippen LogP contribution is 2.55. The van der Waals surface area contributed by atoms with Crippen molar-refractivity contribution < 1.29 is 0 Å². The van der Waals surface area contributed by atoms with Crippen molar-refractivity contribution in [3.8, 4) is 0 Å². The molecule has 5 saturated carbocycles. The standard InChI is InChI=1S/C21H36N2/c1-15-3-2-4-20(9-15)22-5-7-23(8-6-22)21-18-11-16-10-17(13-18)14-19(21)12-16/h15-21H,2-14H2,1H3/t15-,16?,17?,18?,19?,20-,21?/m1/s1. The van der Waals surface area contributed by atoms with Crippen LogP contribution in [0.1, 0.15) is 64.7 Å². The van der Waals surface area contributed by atoms with Gasteiger partial charge in [-0.1, -0.05) is 19.8 Å². The molecule has 6 rings (SSSR count). The summed E-state index contributed by atoms with van der Waals surface area (Å²) in [6.07, 6.45) is 13.8. The smallest absolute Gasteiger partial charge is 0.0153 e. The van der Waals surface area contributed by atoms with Gasteiger partial charge in [0.1, 0.15) is 0 Å². The molecule has 1 saturated heterocycles. The molecule has 1 aliphatic heterocycles. The van der Waals surface area contributed by atoms with Crippen molar-refractivity contribution in [2.24, 2.45) is 29.6 Å². The lowest BCUT2D eigenvalue weighted by Gasteiger charge is -2.58. The molecule has 0 aromatic carbocycles. The minimum absolute atomic E-state index is 0.916. The lowest BCUT2D eigenvalue weighted by molar-refractivity contribution is -0.0804. The number of nitrogens with zero attached hydrogens (tertiary/aromatic N) is 2. The molecule has 0 radical (unpaired) electrons. The summed E-state index contributed by atoms with van der Waals surface area (Å²) in [5, 5.41) is 0. The fourth-order valence-electron chi connectivity index (χ4n) is 7.63. The van der Waals surface area contributed by atoms with Crippen LogP contribution in [0.3, 0.4) is 0 Å². The largest absolute Gasteiger partial charge is 0.298 e. The second kappa shape index (κ2) is 6.02. The summed E-state index contributed by atoms with van der Waals surface area (Å²) in [6, 6.07) is 1.90. The van der Waals surface area contributed by atoms with Crippen LogP contribution in [0.5, 0.6) is 0 Å². The van der Waals surface area contributed by atoms with E-state index in [-0.39, 0.29) is 0 Å². The highest BCUT2D eigenvalue weighted by molar-refractivity contribution is 5.03. The van der Waals surface area contributed by atoms with Gasteiger partial charge in [-0.05, 0) is 74.5 Å². The van der Waals surface area contributed by atoms with Crippen LogP contribution in [0, 0.1) is 29.6 Å². The molecule has 0 aromatic rings. The fraction of sp³-hybridized carbons (Fsp3) is 1.00. The first-order chi connectivity index (χ1) is 11.3. The molecule has 2 heteroatoms. The Kier molecular flexibility index (Phi) is 3.98. The first kappa shape index (κ1) is 15.2. The van der Waals surface area contributed by atoms with Gasteiger partial charge in [-0.3, -0.25) is 9.80 Å². The number of piperazine rings is 1. The fourth-order valence-corrected chi connectivity index (χ4v) is 7.63. The van der Waals surface area contributed by atoms with E-state index < -0.39 is 0 Å². The molecular weight excluding hydrogens is 280 g/mol. The molecule has 1 heterocycles. The Balaban J connectivity index is 1.20. The van der Waals surface area contributed by atoms with E-state index in [1.807, 2.05) is 0 Å². The molecule has 0 spiro atoms. The highest BCUT2D eigenvalue weighted by atomic mass is 15.3. The van der Waals surface area contributed by atoms with E-state index >= 15 is 0 Å². The lowest BCUT2D eigenvalue weighted by atomic mass is 9.54. The lowest BCUT2D eigenvalue weighted by Crippen LogP contribution is -2.61. The quantitative estimate of drug-likeness (QED) is 0.759. The maximum Gasteiger partial charge on any atom is 0.0153 e. The van der Waals surface area contributed by atoms with Crippen molar-refractivity contribution in [1.29, 1.82) is 0 Å². The normalized spacial score (nSPS) is 51.3. The van der Waals surface area contributed by atoms with Gasteiger partial charge in [0.2, 0.25) is 0 Å². The van der Waals surface area contributed by atoms with E-state index in [0.29, 0.717) is 0 Å². The van der Waals surface area contributed by atoms with E-state index in [4.69, 9.17) is 0 Å². The molecule has 2 atom stereocenters. The van der Waals surface area contributed by atoms with Crippen LogP contribution in [0.4, 0.5) is 0 Å². The molecule has 2 nitrogen and oxygen atoms in total. The Hall–Kier alpha value is -0.0800. The molecule has 5 aliphatic carbocycles. The summed E-state index contributed by atoms with van der Waals surface area (Å²) in [6.45, 7) is 7.94. The van der Waals surface area contributed by atoms with Gasteiger partial charge in [0.05, 0.1) is 0 Å². The van der Waals surface area contributed by atoms with Gasteiger partial charge in [0.25, 0.3) is 0 Å². The third kappa shape index (κ3) is 2.78. The number of hydrogen-bond acceptors (Lipinski definition) is 2. The Bertz CT molecular complexity index is 398. The highest BCUT2D eigenvalue weighted by Gasteiger charge is 2.50. The molecule has 6 aliphatic rings. The molecule has 23 heavy (non-hydrogen) atoms. The Morgan fingerprint density at radius 3 is 1.87 bits per heavy atom. The van der Waals surface area contributed by atoms with Crippen LogP contribution in [-0.4, -0.2) is 48.1 Å². The van der Waals surface area contributed by atoms with Crippen LogP contribution in [-0.2, 0) is 0 Å². The SMILES string of the molecule is C[C@@H]1CCC[C@@H](N2CCN(C3C4CC5CC(C4)CC3C5)CC2)C1. The van der Waals surface area contributed by atoms with Crippen LogP contribution in [0.2, 0.25) is 0 Å². The molecular formula is C21H36N2. The predicted octanol–water partition coefficient (Wildman–Crippen LogP) is 4.01. The third-order valence-electron chi connectivity index (χ3n) is 8.37. The monoisotopic (exact) mass is 316 g/mol. The third-order valence-corrected chi connectivity index (χ3v) is 8.37. The van der Waals surface area contributed by atoms with Crippen molar-refractivity contribution in [2.75, 3.05) is 26.2 Å². The zero-order valence-electron chi connectivity index (χ0n) is 15.1. The van der Waals surface area contributed by atoms with E-state index in [1.54, 1.807) is 32.1 Å². The van der Waals surface area contributed by atoms with E-state index in [0.717, 1.165) is 41.7 Å². The van der Waals surface area contributed by atoms with Crippen molar-refractivity contribution in [3.05, 3.63) is 0 Å². The number of rotatable bonds is 2. The van der Waals surface area contributed by atoms with E-state index in [1.165, 1.54) is 51.9 Å². The van der Waals surface area contributed by atoms with Gasteiger partial charge in [-0.2, -0.15) is 0 Å². The van der Waals surface area contributed by atoms with Gasteiger partial charge in [0.15, 0.2) is 0 Å². The maximum absolute atomic E-state index is 2.95. The zero-order chi connectivity index (χ0) is 15.4. The minimum atomic E-state index is 0.916. The molecule has 0 amide bonds. The average molecular weight is 317 g/mol. The predicted molar refractivity (Wildman–Crippen MR) is 95.4 cm³/mol. The zero-order valence-corrected chi connectivity index (χ0v) is 15.1. The minimum Gasteiger partial charge on any atom is -0.298 e. The summed E-state index contributed by atoms with van der Waals surface area (Å²) in [5.41, 5.74) is 0. The average Bonchev–Trinajstić information content (AvgIpc) is 2.54. The van der Waals surface area contributed by atoms with E-state index in [9.17, 15) is 0 Å². The molecule has 0 N–H and O–H groups in total. The summed E-state index contributed by atoms with van der Waals surface area (Å²) in [5.74, 6) is 5.37. The second-order valence-electron chi connectivity index (χ2n) is 9.92. The van der Waals surface area contributed by atoms with E-state index in [2.05, 4.69) is 16.7 Å². The topological polar surface area (TPSA) is 6.48 Å². The van der Waals surface area contributed by atoms with Crippen molar-refractivity contribution in [1.82, 2.24) is 9.80 Å². The second-order valence-corrected chi connectivity index (χ2v) is 9.92. The summed E-state index contributed by atoms with van der Waals surface area (Å²) >= 11 is 0. The van der Waals surface area contributed by atoms with Crippen LogP contribution >= 0.6 is 0 Å². The van der Waals surface area contributed by atoms with Gasteiger partial charge < -0.3 is 0 Å². The van der Waals surface area contributed by atoms with Gasteiger partial charge in [0, 0.05) is 38.3 Å². The molecule has 130 valence electrons. The van der Waals surface area contributed by atoms with Crippen molar-refractivity contribution >= 4 is 0 Å². The van der Waals surface area contributed by atoms with Gasteiger partial charge in [-0.15, -0.1) is 0 Å².